The number of esters is 1. The number of nitrogens with one attached hydrogen (secondary N) is 2. The molecule has 26 heavy (non-hydrogen) atoms. The topological polar surface area (TPSA) is 111 Å². The molecule has 0 bridgehead atoms. The van der Waals surface area contributed by atoms with Gasteiger partial charge in [-0.05, 0) is 25.0 Å². The first-order valence-corrected chi connectivity index (χ1v) is 8.08. The van der Waals surface area contributed by atoms with Gasteiger partial charge in [-0.15, -0.1) is 0 Å². The Bertz CT molecular complexity index is 831. The highest BCUT2D eigenvalue weighted by Gasteiger charge is 2.25. The van der Waals surface area contributed by atoms with Crippen LogP contribution in [0, 0.1) is 5.21 Å². The van der Waals surface area contributed by atoms with Crippen LogP contribution in [0.25, 0.3) is 0 Å². The third-order valence-electron chi connectivity index (χ3n) is 3.73. The minimum atomic E-state index is -0.722. The molecule has 1 fully saturated rings. The summed E-state index contributed by atoms with van der Waals surface area (Å²) in [7, 11) is 0. The van der Waals surface area contributed by atoms with E-state index >= 15 is 0 Å². The summed E-state index contributed by atoms with van der Waals surface area (Å²) in [6, 6.07) is 9.40. The van der Waals surface area contributed by atoms with Crippen LogP contribution in [0.2, 0.25) is 0 Å². The molecule has 2 aromatic rings. The quantitative estimate of drug-likeness (QED) is 0.456. The van der Waals surface area contributed by atoms with Crippen molar-refractivity contribution in [2.75, 3.05) is 11.9 Å². The smallest absolute Gasteiger partial charge is 0.339 e. The lowest BCUT2D eigenvalue weighted by Gasteiger charge is -2.11. The van der Waals surface area contributed by atoms with Crippen LogP contribution in [0.4, 0.5) is 5.69 Å². The predicted molar refractivity (Wildman–Crippen MR) is 91.2 cm³/mol. The van der Waals surface area contributed by atoms with Gasteiger partial charge in [0.15, 0.2) is 19.0 Å². The number of aromatic nitrogens is 1. The second-order valence-electron chi connectivity index (χ2n) is 5.86. The normalized spacial score (nSPS) is 12.9. The van der Waals surface area contributed by atoms with Crippen LogP contribution in [-0.2, 0) is 9.53 Å². The highest BCUT2D eigenvalue weighted by atomic mass is 16.5. The van der Waals surface area contributed by atoms with Gasteiger partial charge in [0.2, 0.25) is 0 Å². The van der Waals surface area contributed by atoms with Crippen LogP contribution in [0.1, 0.15) is 33.6 Å². The summed E-state index contributed by atoms with van der Waals surface area (Å²) in [5, 5.41) is 16.4. The van der Waals surface area contributed by atoms with E-state index in [1.54, 1.807) is 24.3 Å². The zero-order valence-electron chi connectivity index (χ0n) is 13.8. The molecule has 0 aliphatic heterocycles. The van der Waals surface area contributed by atoms with E-state index in [9.17, 15) is 19.6 Å². The van der Waals surface area contributed by atoms with E-state index < -0.39 is 18.5 Å². The molecule has 0 unspecified atom stereocenters. The van der Waals surface area contributed by atoms with E-state index in [4.69, 9.17) is 4.74 Å². The van der Waals surface area contributed by atoms with Crippen molar-refractivity contribution in [1.29, 1.82) is 0 Å². The molecule has 1 aromatic carbocycles. The molecule has 8 nitrogen and oxygen atoms in total. The summed E-state index contributed by atoms with van der Waals surface area (Å²) in [4.78, 5) is 36.1. The molecule has 1 saturated carbocycles. The van der Waals surface area contributed by atoms with Crippen LogP contribution in [0.3, 0.4) is 0 Å². The zero-order chi connectivity index (χ0) is 18.5. The average Bonchev–Trinajstić information content (AvgIpc) is 3.44. The Kier molecular flexibility index (Phi) is 5.12. The van der Waals surface area contributed by atoms with E-state index in [0.29, 0.717) is 16.0 Å². The first kappa shape index (κ1) is 17.4. The first-order chi connectivity index (χ1) is 12.5. The number of anilines is 1. The minimum absolute atomic E-state index is 0.161. The van der Waals surface area contributed by atoms with E-state index in [1.165, 1.54) is 12.1 Å². The summed E-state index contributed by atoms with van der Waals surface area (Å²) in [5.74, 6) is -1.55. The molecule has 1 aliphatic carbocycles. The Hall–Kier alpha value is -3.42. The van der Waals surface area contributed by atoms with Crippen molar-refractivity contribution in [2.24, 2.45) is 0 Å². The third kappa shape index (κ3) is 4.56. The average molecular weight is 355 g/mol. The van der Waals surface area contributed by atoms with Crippen molar-refractivity contribution in [3.63, 3.8) is 0 Å². The van der Waals surface area contributed by atoms with Crippen LogP contribution in [0.15, 0.2) is 48.8 Å². The van der Waals surface area contributed by atoms with Crippen LogP contribution in [0.5, 0.6) is 0 Å². The maximum absolute atomic E-state index is 12.2. The molecule has 0 saturated heterocycles. The van der Waals surface area contributed by atoms with Gasteiger partial charge in [0.1, 0.15) is 0 Å². The maximum Gasteiger partial charge on any atom is 0.339 e. The highest BCUT2D eigenvalue weighted by Crippen LogP contribution is 2.21. The number of ether oxygens (including phenoxy) is 1. The number of pyridine rings is 1. The van der Waals surface area contributed by atoms with Crippen molar-refractivity contribution in [2.45, 2.75) is 18.9 Å². The van der Waals surface area contributed by atoms with E-state index in [0.717, 1.165) is 25.2 Å². The van der Waals surface area contributed by atoms with Crippen LogP contribution >= 0.6 is 0 Å². The maximum atomic E-state index is 12.2. The number of benzene rings is 1. The zero-order valence-corrected chi connectivity index (χ0v) is 13.8. The second-order valence-corrected chi connectivity index (χ2v) is 5.86. The van der Waals surface area contributed by atoms with Gasteiger partial charge in [-0.2, -0.15) is 4.73 Å². The fraction of sp³-hybridized carbons (Fsp3) is 0.222. The Morgan fingerprint density at radius 3 is 2.50 bits per heavy atom. The number of nitrogens with zero attached hydrogens (tertiary/aromatic N) is 1. The number of hydrogen-bond donors (Lipinski definition) is 2. The van der Waals surface area contributed by atoms with Crippen LogP contribution in [-0.4, -0.2) is 30.4 Å². The van der Waals surface area contributed by atoms with Crippen molar-refractivity contribution in [3.8, 4) is 0 Å². The molecule has 1 heterocycles. The van der Waals surface area contributed by atoms with E-state index in [1.807, 2.05) is 0 Å². The van der Waals surface area contributed by atoms with Gasteiger partial charge < -0.3 is 20.6 Å². The highest BCUT2D eigenvalue weighted by molar-refractivity contribution is 6.04. The first-order valence-electron chi connectivity index (χ1n) is 8.08. The van der Waals surface area contributed by atoms with Gasteiger partial charge in [0, 0.05) is 18.2 Å². The molecule has 1 aromatic heterocycles. The van der Waals surface area contributed by atoms with Crippen molar-refractivity contribution < 1.29 is 23.9 Å². The summed E-state index contributed by atoms with van der Waals surface area (Å²) >= 11 is 0. The summed E-state index contributed by atoms with van der Waals surface area (Å²) in [6.45, 7) is -0.510. The van der Waals surface area contributed by atoms with Gasteiger partial charge in [-0.25, -0.2) is 4.79 Å². The number of carbonyl (C=O) groups is 3. The fourth-order valence-electron chi connectivity index (χ4n) is 2.23. The lowest BCUT2D eigenvalue weighted by molar-refractivity contribution is -0.605. The number of hydrogen-bond acceptors (Lipinski definition) is 5. The van der Waals surface area contributed by atoms with Crippen LogP contribution < -0.4 is 15.4 Å². The van der Waals surface area contributed by atoms with Gasteiger partial charge in [-0.1, -0.05) is 12.1 Å². The molecule has 0 radical (unpaired) electrons. The van der Waals surface area contributed by atoms with Gasteiger partial charge in [0.05, 0.1) is 16.8 Å². The largest absolute Gasteiger partial charge is 0.619 e. The summed E-state index contributed by atoms with van der Waals surface area (Å²) in [6.07, 6.45) is 4.24. The molecular formula is C18H17N3O5. The lowest BCUT2D eigenvalue weighted by Crippen LogP contribution is -2.28. The van der Waals surface area contributed by atoms with Crippen molar-refractivity contribution >= 4 is 23.5 Å². The summed E-state index contributed by atoms with van der Waals surface area (Å²) in [5.41, 5.74) is 0.857. The number of para-hydroxylation sites is 1. The molecular weight excluding hydrogens is 338 g/mol. The second kappa shape index (κ2) is 7.64. The van der Waals surface area contributed by atoms with E-state index in [2.05, 4.69) is 10.6 Å². The van der Waals surface area contributed by atoms with Gasteiger partial charge >= 0.3 is 5.97 Å². The molecule has 0 spiro atoms. The molecule has 2 N–H and O–H groups in total. The van der Waals surface area contributed by atoms with Gasteiger partial charge in [0.25, 0.3) is 11.8 Å². The van der Waals surface area contributed by atoms with Crippen molar-refractivity contribution in [1.82, 2.24) is 5.32 Å². The Morgan fingerprint density at radius 2 is 1.81 bits per heavy atom. The number of rotatable bonds is 6. The Labute approximate surface area is 149 Å². The Morgan fingerprint density at radius 1 is 1.12 bits per heavy atom. The molecule has 0 atom stereocenters. The standard InChI is InChI=1S/C18H17N3O5/c22-16(11-26-18(24)12-7-9-21(25)10-8-12)20-15-4-2-1-3-14(15)17(23)19-13-5-6-13/h1-4,7-10,13H,5-6,11H2,(H,19,23)(H,20,22). The molecule has 1 aliphatic rings. The number of carbonyl (C=O) groups excluding carboxylic acids is 3. The SMILES string of the molecule is O=C(COC(=O)c1cc[n+]([O-])cc1)Nc1ccccc1C(=O)NC1CC1. The Balaban J connectivity index is 1.57. The number of amides is 2. The third-order valence-corrected chi connectivity index (χ3v) is 3.73. The van der Waals surface area contributed by atoms with E-state index in [-0.39, 0.29) is 17.5 Å². The molecule has 2 amide bonds. The predicted octanol–water partition coefficient (Wildman–Crippen LogP) is 1.01. The molecule has 134 valence electrons. The van der Waals surface area contributed by atoms with Gasteiger partial charge in [-0.3, -0.25) is 9.59 Å². The minimum Gasteiger partial charge on any atom is -0.619 e. The molecule has 3 rings (SSSR count). The van der Waals surface area contributed by atoms with Crippen molar-refractivity contribution in [3.05, 3.63) is 65.1 Å². The monoisotopic (exact) mass is 355 g/mol. The fourth-order valence-corrected chi connectivity index (χ4v) is 2.23. The lowest BCUT2D eigenvalue weighted by atomic mass is 10.1. The molecule has 8 heteroatoms. The summed E-state index contributed by atoms with van der Waals surface area (Å²) < 4.78 is 5.45.